The van der Waals surface area contributed by atoms with Gasteiger partial charge in [-0.05, 0) is 38.6 Å². The summed E-state index contributed by atoms with van der Waals surface area (Å²) >= 11 is 1.85. The average molecular weight is 228 g/mol. The number of hydrogen-bond donors (Lipinski definition) is 3. The maximum Gasteiger partial charge on any atom is 0.0555 e. The van der Waals surface area contributed by atoms with Crippen LogP contribution in [0, 0.1) is 6.92 Å². The van der Waals surface area contributed by atoms with Crippen LogP contribution in [0.3, 0.4) is 0 Å². The summed E-state index contributed by atoms with van der Waals surface area (Å²) in [4.78, 5) is 2.77. The smallest absolute Gasteiger partial charge is 0.0555 e. The maximum absolute atomic E-state index is 8.54. The van der Waals surface area contributed by atoms with Crippen LogP contribution in [0.15, 0.2) is 12.1 Å². The van der Waals surface area contributed by atoms with Crippen molar-refractivity contribution in [1.82, 2.24) is 10.6 Å². The van der Waals surface area contributed by atoms with Gasteiger partial charge < -0.3 is 15.7 Å². The van der Waals surface area contributed by atoms with Crippen molar-refractivity contribution >= 4 is 11.3 Å². The molecule has 0 fully saturated rings. The average Bonchev–Trinajstić information content (AvgIpc) is 2.63. The van der Waals surface area contributed by atoms with E-state index in [0.29, 0.717) is 6.54 Å². The fraction of sp³-hybridized carbons (Fsp3) is 0.636. The minimum Gasteiger partial charge on any atom is -0.395 e. The van der Waals surface area contributed by atoms with Gasteiger partial charge in [-0.2, -0.15) is 0 Å². The van der Waals surface area contributed by atoms with E-state index in [9.17, 15) is 0 Å². The molecule has 0 spiro atoms. The van der Waals surface area contributed by atoms with Gasteiger partial charge in [0.15, 0.2) is 0 Å². The summed E-state index contributed by atoms with van der Waals surface area (Å²) < 4.78 is 0. The van der Waals surface area contributed by atoms with Gasteiger partial charge in [0.05, 0.1) is 6.61 Å². The summed E-state index contributed by atoms with van der Waals surface area (Å²) in [7, 11) is 0. The van der Waals surface area contributed by atoms with E-state index >= 15 is 0 Å². The van der Waals surface area contributed by atoms with Gasteiger partial charge >= 0.3 is 0 Å². The van der Waals surface area contributed by atoms with Crippen LogP contribution in [-0.4, -0.2) is 31.3 Å². The van der Waals surface area contributed by atoms with Gasteiger partial charge in [0, 0.05) is 22.8 Å². The highest BCUT2D eigenvalue weighted by atomic mass is 32.1. The van der Waals surface area contributed by atoms with E-state index < -0.39 is 0 Å². The molecule has 0 radical (unpaired) electrons. The lowest BCUT2D eigenvalue weighted by Gasteiger charge is -2.04. The third kappa shape index (κ3) is 5.89. The van der Waals surface area contributed by atoms with Gasteiger partial charge in [0.1, 0.15) is 0 Å². The standard InChI is InChI=1S/C11H20N2OS/c1-10-3-4-11(15-10)9-13-6-2-5-12-7-8-14/h3-4,12-14H,2,5-9H2,1H3. The summed E-state index contributed by atoms with van der Waals surface area (Å²) in [5, 5.41) is 15.1. The van der Waals surface area contributed by atoms with E-state index in [0.717, 1.165) is 26.1 Å². The first-order chi connectivity index (χ1) is 7.33. The maximum atomic E-state index is 8.54. The first-order valence-corrected chi connectivity index (χ1v) is 6.22. The minimum atomic E-state index is 0.224. The molecule has 3 N–H and O–H groups in total. The van der Waals surface area contributed by atoms with Gasteiger partial charge in [-0.25, -0.2) is 0 Å². The molecule has 0 amide bonds. The van der Waals surface area contributed by atoms with Crippen LogP contribution in [-0.2, 0) is 6.54 Å². The van der Waals surface area contributed by atoms with Crippen LogP contribution in [0.25, 0.3) is 0 Å². The van der Waals surface area contributed by atoms with Crippen LogP contribution < -0.4 is 10.6 Å². The van der Waals surface area contributed by atoms with Crippen LogP contribution in [0.5, 0.6) is 0 Å². The second-order valence-electron chi connectivity index (χ2n) is 3.52. The third-order valence-electron chi connectivity index (χ3n) is 2.09. The van der Waals surface area contributed by atoms with Crippen molar-refractivity contribution in [3.63, 3.8) is 0 Å². The van der Waals surface area contributed by atoms with Gasteiger partial charge in [-0.3, -0.25) is 0 Å². The molecule has 1 aromatic rings. The Morgan fingerprint density at radius 2 is 2.00 bits per heavy atom. The van der Waals surface area contributed by atoms with E-state index in [1.165, 1.54) is 9.75 Å². The van der Waals surface area contributed by atoms with Crippen molar-refractivity contribution < 1.29 is 5.11 Å². The Balaban J connectivity index is 1.93. The Labute approximate surface area is 95.5 Å². The topological polar surface area (TPSA) is 44.3 Å². The van der Waals surface area contributed by atoms with E-state index in [-0.39, 0.29) is 6.61 Å². The third-order valence-corrected chi connectivity index (χ3v) is 3.09. The molecule has 3 nitrogen and oxygen atoms in total. The van der Waals surface area contributed by atoms with Gasteiger partial charge in [0.2, 0.25) is 0 Å². The second-order valence-corrected chi connectivity index (χ2v) is 4.89. The molecule has 0 atom stereocenters. The quantitative estimate of drug-likeness (QED) is 0.584. The van der Waals surface area contributed by atoms with Crippen molar-refractivity contribution in [3.05, 3.63) is 21.9 Å². The second kappa shape index (κ2) is 7.82. The SMILES string of the molecule is Cc1ccc(CNCCCNCCO)s1. The normalized spacial score (nSPS) is 10.8. The van der Waals surface area contributed by atoms with Crippen LogP contribution in [0.2, 0.25) is 0 Å². The number of rotatable bonds is 8. The van der Waals surface area contributed by atoms with Crippen molar-refractivity contribution in [2.24, 2.45) is 0 Å². The lowest BCUT2D eigenvalue weighted by molar-refractivity contribution is 0.292. The molecule has 0 saturated carbocycles. The molecule has 0 unspecified atom stereocenters. The van der Waals surface area contributed by atoms with Crippen molar-refractivity contribution in [2.45, 2.75) is 19.9 Å². The number of hydrogen-bond acceptors (Lipinski definition) is 4. The number of thiophene rings is 1. The molecule has 0 bridgehead atoms. The molecule has 1 aromatic heterocycles. The predicted octanol–water partition coefficient (Wildman–Crippen LogP) is 1.12. The highest BCUT2D eigenvalue weighted by molar-refractivity contribution is 7.11. The predicted molar refractivity (Wildman–Crippen MR) is 65.3 cm³/mol. The Morgan fingerprint density at radius 1 is 1.20 bits per heavy atom. The molecule has 0 aliphatic carbocycles. The summed E-state index contributed by atoms with van der Waals surface area (Å²) in [5.74, 6) is 0. The fourth-order valence-corrected chi connectivity index (χ4v) is 2.19. The number of aliphatic hydroxyl groups is 1. The zero-order chi connectivity index (χ0) is 10.9. The van der Waals surface area contributed by atoms with Gasteiger partial charge in [-0.1, -0.05) is 0 Å². The Morgan fingerprint density at radius 3 is 2.67 bits per heavy atom. The Kier molecular flexibility index (Phi) is 6.59. The first-order valence-electron chi connectivity index (χ1n) is 5.40. The number of aliphatic hydroxyl groups excluding tert-OH is 1. The fourth-order valence-electron chi connectivity index (χ4n) is 1.33. The summed E-state index contributed by atoms with van der Waals surface area (Å²) in [6.07, 6.45) is 1.10. The monoisotopic (exact) mass is 228 g/mol. The van der Waals surface area contributed by atoms with E-state index in [4.69, 9.17) is 5.11 Å². The van der Waals surface area contributed by atoms with Crippen molar-refractivity contribution in [1.29, 1.82) is 0 Å². The highest BCUT2D eigenvalue weighted by Crippen LogP contribution is 2.14. The zero-order valence-electron chi connectivity index (χ0n) is 9.25. The van der Waals surface area contributed by atoms with E-state index in [1.807, 2.05) is 11.3 Å². The molecule has 0 aliphatic heterocycles. The van der Waals surface area contributed by atoms with Gasteiger partial charge in [-0.15, -0.1) is 11.3 Å². The largest absolute Gasteiger partial charge is 0.395 e. The molecule has 0 saturated heterocycles. The Bertz CT molecular complexity index is 263. The molecule has 1 heterocycles. The Hall–Kier alpha value is -0.420. The molecule has 1 rings (SSSR count). The van der Waals surface area contributed by atoms with Crippen LogP contribution in [0.4, 0.5) is 0 Å². The minimum absolute atomic E-state index is 0.224. The lowest BCUT2D eigenvalue weighted by atomic mass is 10.4. The molecular formula is C11H20N2OS. The van der Waals surface area contributed by atoms with Crippen molar-refractivity contribution in [2.75, 3.05) is 26.2 Å². The lowest BCUT2D eigenvalue weighted by Crippen LogP contribution is -2.23. The van der Waals surface area contributed by atoms with E-state index in [2.05, 4.69) is 29.7 Å². The molecule has 15 heavy (non-hydrogen) atoms. The van der Waals surface area contributed by atoms with E-state index in [1.54, 1.807) is 0 Å². The molecule has 0 aliphatic rings. The number of nitrogens with one attached hydrogen (secondary N) is 2. The zero-order valence-corrected chi connectivity index (χ0v) is 10.1. The summed E-state index contributed by atoms with van der Waals surface area (Å²) in [6, 6.07) is 4.33. The molecule has 86 valence electrons. The molecule has 4 heteroatoms. The molecule has 0 aromatic carbocycles. The molecular weight excluding hydrogens is 208 g/mol. The van der Waals surface area contributed by atoms with Gasteiger partial charge in [0.25, 0.3) is 0 Å². The highest BCUT2D eigenvalue weighted by Gasteiger charge is 1.95. The summed E-state index contributed by atoms with van der Waals surface area (Å²) in [5.41, 5.74) is 0. The van der Waals surface area contributed by atoms with Crippen LogP contribution >= 0.6 is 11.3 Å². The van der Waals surface area contributed by atoms with Crippen molar-refractivity contribution in [3.8, 4) is 0 Å². The first kappa shape index (κ1) is 12.6. The summed E-state index contributed by atoms with van der Waals surface area (Å²) in [6.45, 7) is 6.02. The number of aryl methyl sites for hydroxylation is 1. The van der Waals surface area contributed by atoms with Crippen LogP contribution in [0.1, 0.15) is 16.2 Å².